The van der Waals surface area contributed by atoms with Gasteiger partial charge in [-0.2, -0.15) is 9.49 Å². The standard InChI is InChI=1S/C28H24FN7OS/c1-28(2,3)11-23(37)32-17-9-15(12-30-14-17)16-10-19-25(35-36-26(19)31-13-16)27-33-20-6-4-5-18(24(20)34-27)21-7-8-22(29)38-21/h4-10,12-14H,11H2,1-3H3,(H,32,37)(H,33,34)(H,31,35,36). The fourth-order valence-electron chi connectivity index (χ4n) is 4.40. The number of imidazole rings is 1. The van der Waals surface area contributed by atoms with Crippen molar-refractivity contribution in [3.8, 4) is 33.1 Å². The minimum Gasteiger partial charge on any atom is -0.337 e. The summed E-state index contributed by atoms with van der Waals surface area (Å²) in [5.74, 6) is 0.521. The highest BCUT2D eigenvalue weighted by molar-refractivity contribution is 7.14. The van der Waals surface area contributed by atoms with Crippen molar-refractivity contribution in [2.45, 2.75) is 27.2 Å². The predicted octanol–water partition coefficient (Wildman–Crippen LogP) is 6.81. The molecule has 0 saturated heterocycles. The van der Waals surface area contributed by atoms with E-state index in [1.165, 1.54) is 6.07 Å². The van der Waals surface area contributed by atoms with Crippen molar-refractivity contribution in [3.63, 3.8) is 0 Å². The van der Waals surface area contributed by atoms with Crippen molar-refractivity contribution in [2.75, 3.05) is 5.32 Å². The molecule has 0 bridgehead atoms. The van der Waals surface area contributed by atoms with Crippen molar-refractivity contribution < 1.29 is 9.18 Å². The highest BCUT2D eigenvalue weighted by Gasteiger charge is 2.18. The highest BCUT2D eigenvalue weighted by Crippen LogP contribution is 2.35. The first-order valence-electron chi connectivity index (χ1n) is 12.1. The zero-order valence-electron chi connectivity index (χ0n) is 21.0. The molecule has 8 nitrogen and oxygen atoms in total. The summed E-state index contributed by atoms with van der Waals surface area (Å²) in [7, 11) is 0. The number of nitrogens with one attached hydrogen (secondary N) is 3. The number of nitrogens with zero attached hydrogens (tertiary/aromatic N) is 4. The molecule has 0 aliphatic heterocycles. The Morgan fingerprint density at radius 3 is 2.71 bits per heavy atom. The van der Waals surface area contributed by atoms with E-state index >= 15 is 0 Å². The molecular weight excluding hydrogens is 501 g/mol. The van der Waals surface area contributed by atoms with E-state index in [1.54, 1.807) is 24.7 Å². The van der Waals surface area contributed by atoms with Crippen LogP contribution in [0.5, 0.6) is 0 Å². The number of thiophene rings is 1. The van der Waals surface area contributed by atoms with Gasteiger partial charge in [0.15, 0.2) is 16.6 Å². The summed E-state index contributed by atoms with van der Waals surface area (Å²) in [5.41, 5.74) is 5.81. The Labute approximate surface area is 221 Å². The van der Waals surface area contributed by atoms with Crippen LogP contribution >= 0.6 is 11.3 Å². The fraction of sp³-hybridized carbons (Fsp3) is 0.179. The Hall–Kier alpha value is -4.44. The molecule has 0 radical (unpaired) electrons. The van der Waals surface area contributed by atoms with Crippen LogP contribution in [0.3, 0.4) is 0 Å². The third-order valence-electron chi connectivity index (χ3n) is 6.04. The molecule has 1 aromatic carbocycles. The number of H-pyrrole nitrogens is 2. The number of aromatic nitrogens is 6. The van der Waals surface area contributed by atoms with E-state index in [2.05, 4.69) is 30.5 Å². The van der Waals surface area contributed by atoms with Crippen LogP contribution in [-0.4, -0.2) is 36.0 Å². The van der Waals surface area contributed by atoms with Crippen LogP contribution in [0.15, 0.2) is 61.1 Å². The van der Waals surface area contributed by atoms with E-state index in [4.69, 9.17) is 4.98 Å². The van der Waals surface area contributed by atoms with Gasteiger partial charge in [0, 0.05) is 40.4 Å². The lowest BCUT2D eigenvalue weighted by molar-refractivity contribution is -0.117. The minimum absolute atomic E-state index is 0.0586. The second kappa shape index (κ2) is 9.14. The molecule has 6 rings (SSSR count). The molecule has 190 valence electrons. The number of halogens is 1. The van der Waals surface area contributed by atoms with Gasteiger partial charge in [-0.15, -0.1) is 11.3 Å². The average molecular weight is 526 g/mol. The SMILES string of the molecule is CC(C)(C)CC(=O)Nc1cncc(-c2cnc3[nH]nc(-c4nc5c(-c6ccc(F)s6)cccc5[nH]4)c3c2)c1. The first kappa shape index (κ1) is 23.9. The van der Waals surface area contributed by atoms with Crippen LogP contribution in [-0.2, 0) is 4.79 Å². The second-order valence-electron chi connectivity index (χ2n) is 10.3. The van der Waals surface area contributed by atoms with Crippen LogP contribution in [0.1, 0.15) is 27.2 Å². The van der Waals surface area contributed by atoms with E-state index in [0.717, 1.165) is 49.3 Å². The number of carbonyl (C=O) groups excluding carboxylic acids is 1. The van der Waals surface area contributed by atoms with Gasteiger partial charge in [0.05, 0.1) is 28.3 Å². The van der Waals surface area contributed by atoms with Gasteiger partial charge >= 0.3 is 0 Å². The van der Waals surface area contributed by atoms with Gasteiger partial charge in [-0.3, -0.25) is 14.9 Å². The number of hydrogen-bond acceptors (Lipinski definition) is 6. The Morgan fingerprint density at radius 1 is 1.08 bits per heavy atom. The molecule has 0 aliphatic carbocycles. The van der Waals surface area contributed by atoms with Gasteiger partial charge in [0.1, 0.15) is 5.69 Å². The van der Waals surface area contributed by atoms with E-state index in [0.29, 0.717) is 29.3 Å². The zero-order chi connectivity index (χ0) is 26.4. The van der Waals surface area contributed by atoms with Crippen LogP contribution in [0, 0.1) is 10.5 Å². The van der Waals surface area contributed by atoms with Crippen molar-refractivity contribution >= 4 is 45.0 Å². The molecule has 10 heteroatoms. The Balaban J connectivity index is 1.36. The first-order chi connectivity index (χ1) is 18.2. The molecule has 0 fully saturated rings. The number of hydrogen-bond donors (Lipinski definition) is 3. The number of amides is 1. The second-order valence-corrected chi connectivity index (χ2v) is 11.4. The summed E-state index contributed by atoms with van der Waals surface area (Å²) in [4.78, 5) is 30.3. The number of carbonyl (C=O) groups is 1. The van der Waals surface area contributed by atoms with Crippen molar-refractivity contribution in [3.05, 3.63) is 66.2 Å². The Morgan fingerprint density at radius 2 is 1.92 bits per heavy atom. The summed E-state index contributed by atoms with van der Waals surface area (Å²) in [6.45, 7) is 6.07. The molecule has 0 aliphatic rings. The first-order valence-corrected chi connectivity index (χ1v) is 12.9. The molecule has 6 aromatic rings. The molecule has 5 heterocycles. The van der Waals surface area contributed by atoms with Crippen LogP contribution in [0.4, 0.5) is 10.1 Å². The molecule has 38 heavy (non-hydrogen) atoms. The molecule has 0 spiro atoms. The van der Waals surface area contributed by atoms with Gasteiger partial charge in [0.25, 0.3) is 0 Å². The Kier molecular flexibility index (Phi) is 5.76. The lowest BCUT2D eigenvalue weighted by Crippen LogP contribution is -2.19. The maximum atomic E-state index is 13.7. The minimum atomic E-state index is -0.239. The average Bonchev–Trinajstić information content (AvgIpc) is 3.60. The number of para-hydroxylation sites is 1. The van der Waals surface area contributed by atoms with Crippen LogP contribution in [0.25, 0.3) is 55.2 Å². The summed E-state index contributed by atoms with van der Waals surface area (Å²) in [6, 6.07) is 12.9. The number of anilines is 1. The maximum absolute atomic E-state index is 13.7. The van der Waals surface area contributed by atoms with Crippen molar-refractivity contribution in [1.29, 1.82) is 0 Å². The number of fused-ring (bicyclic) bond motifs is 2. The maximum Gasteiger partial charge on any atom is 0.224 e. The Bertz CT molecular complexity index is 1810. The van der Waals surface area contributed by atoms with E-state index in [1.807, 2.05) is 51.1 Å². The van der Waals surface area contributed by atoms with Gasteiger partial charge in [-0.25, -0.2) is 9.97 Å². The van der Waals surface area contributed by atoms with E-state index in [9.17, 15) is 9.18 Å². The highest BCUT2D eigenvalue weighted by atomic mass is 32.1. The molecular formula is C28H24FN7OS. The van der Waals surface area contributed by atoms with Crippen LogP contribution in [0.2, 0.25) is 0 Å². The van der Waals surface area contributed by atoms with Crippen LogP contribution < -0.4 is 5.32 Å². The zero-order valence-corrected chi connectivity index (χ0v) is 21.8. The third-order valence-corrected chi connectivity index (χ3v) is 6.95. The lowest BCUT2D eigenvalue weighted by atomic mass is 9.92. The molecule has 1 amide bonds. The molecule has 0 atom stereocenters. The quantitative estimate of drug-likeness (QED) is 0.229. The van der Waals surface area contributed by atoms with Crippen molar-refractivity contribution in [2.24, 2.45) is 5.41 Å². The van der Waals surface area contributed by atoms with Gasteiger partial charge < -0.3 is 10.3 Å². The van der Waals surface area contributed by atoms with Gasteiger partial charge in [-0.05, 0) is 35.7 Å². The predicted molar refractivity (Wildman–Crippen MR) is 148 cm³/mol. The summed E-state index contributed by atoms with van der Waals surface area (Å²) >= 11 is 1.09. The third kappa shape index (κ3) is 4.66. The van der Waals surface area contributed by atoms with E-state index in [-0.39, 0.29) is 16.5 Å². The summed E-state index contributed by atoms with van der Waals surface area (Å²) in [6.07, 6.45) is 5.51. The smallest absolute Gasteiger partial charge is 0.224 e. The molecule has 0 unspecified atom stereocenters. The monoisotopic (exact) mass is 525 g/mol. The normalized spacial score (nSPS) is 11.9. The lowest BCUT2D eigenvalue weighted by Gasteiger charge is -2.17. The molecule has 3 N–H and O–H groups in total. The van der Waals surface area contributed by atoms with E-state index < -0.39 is 0 Å². The largest absolute Gasteiger partial charge is 0.337 e. The topological polar surface area (TPSA) is 112 Å². The number of benzene rings is 1. The number of pyridine rings is 2. The van der Waals surface area contributed by atoms with Crippen molar-refractivity contribution in [1.82, 2.24) is 30.1 Å². The van der Waals surface area contributed by atoms with Gasteiger partial charge in [0.2, 0.25) is 5.91 Å². The molecule has 5 aromatic heterocycles. The summed E-state index contributed by atoms with van der Waals surface area (Å²) < 4.78 is 13.7. The molecule has 0 saturated carbocycles. The number of aromatic amines is 2. The summed E-state index contributed by atoms with van der Waals surface area (Å²) in [5, 5.41) is 10.9. The van der Waals surface area contributed by atoms with Gasteiger partial charge in [-0.1, -0.05) is 32.9 Å². The number of rotatable bonds is 5. The fourth-order valence-corrected chi connectivity index (χ4v) is 5.15.